The maximum Gasteiger partial charge on any atom is 0.418 e. The van der Waals surface area contributed by atoms with Crippen molar-refractivity contribution in [2.24, 2.45) is 0 Å². The maximum atomic E-state index is 16.9. The normalized spacial score (nSPS) is 11.9. The van der Waals surface area contributed by atoms with Crippen molar-refractivity contribution < 1.29 is 26.3 Å². The summed E-state index contributed by atoms with van der Waals surface area (Å²) in [5.74, 6) is 0. The van der Waals surface area contributed by atoms with Gasteiger partial charge in [-0.3, -0.25) is 19.9 Å². The Balaban J connectivity index is 0.927. The molecule has 0 spiro atoms. The van der Waals surface area contributed by atoms with Crippen LogP contribution in [0.4, 0.5) is 26.3 Å². The van der Waals surface area contributed by atoms with E-state index >= 15 is 26.3 Å². The van der Waals surface area contributed by atoms with E-state index in [-0.39, 0.29) is 22.5 Å². The number of benzene rings is 10. The fourth-order valence-electron chi connectivity index (χ4n) is 12.9. The molecule has 0 aliphatic heterocycles. The number of hydrogen-bond donors (Lipinski definition) is 0. The molecular weight excluding hydrogens is 1180 g/mol. The molecule has 450 valence electrons. The number of alkyl halides is 6. The zero-order chi connectivity index (χ0) is 63.7. The Morgan fingerprint density at radius 3 is 0.840 bits per heavy atom. The van der Waals surface area contributed by atoms with Crippen LogP contribution in [0.25, 0.3) is 156 Å². The summed E-state index contributed by atoms with van der Waals surface area (Å²) in [6.45, 7) is 0. The molecular formula is C82H50F6N6. The second kappa shape index (κ2) is 23.0. The van der Waals surface area contributed by atoms with Gasteiger partial charge in [-0.1, -0.05) is 182 Å². The first-order chi connectivity index (χ1) is 45.8. The lowest BCUT2D eigenvalue weighted by Crippen LogP contribution is -2.13. The van der Waals surface area contributed by atoms with E-state index in [9.17, 15) is 0 Å². The van der Waals surface area contributed by atoms with Gasteiger partial charge in [0.1, 0.15) is 0 Å². The Kier molecular flexibility index (Phi) is 14.0. The summed E-state index contributed by atoms with van der Waals surface area (Å²) in [6, 6.07) is 85.0. The summed E-state index contributed by atoms with van der Waals surface area (Å²) < 4.78 is 99.1. The third-order valence-electron chi connectivity index (χ3n) is 17.6. The second-order valence-corrected chi connectivity index (χ2v) is 23.3. The predicted octanol–water partition coefficient (Wildman–Crippen LogP) is 22.5. The minimum Gasteiger partial charge on any atom is -0.309 e. The minimum absolute atomic E-state index is 0.0156. The van der Waals surface area contributed by atoms with Crippen molar-refractivity contribution in [1.29, 1.82) is 0 Å². The fraction of sp³-hybridized carbons (Fsp3) is 0.0244. The van der Waals surface area contributed by atoms with E-state index in [4.69, 9.17) is 19.9 Å². The van der Waals surface area contributed by atoms with E-state index in [1.54, 1.807) is 46.1 Å². The van der Waals surface area contributed by atoms with Crippen molar-refractivity contribution in [2.75, 3.05) is 0 Å². The van der Waals surface area contributed by atoms with Gasteiger partial charge >= 0.3 is 12.4 Å². The van der Waals surface area contributed by atoms with E-state index in [1.807, 2.05) is 231 Å². The molecule has 0 atom stereocenters. The van der Waals surface area contributed by atoms with Gasteiger partial charge in [0, 0.05) is 96.4 Å². The van der Waals surface area contributed by atoms with Crippen molar-refractivity contribution in [3.05, 3.63) is 315 Å². The van der Waals surface area contributed by atoms with E-state index in [0.29, 0.717) is 43.6 Å². The Morgan fingerprint density at radius 2 is 0.543 bits per heavy atom. The monoisotopic (exact) mass is 1230 g/mol. The Morgan fingerprint density at radius 1 is 0.234 bits per heavy atom. The quantitative estimate of drug-likeness (QED) is 0.121. The van der Waals surface area contributed by atoms with Crippen LogP contribution in [-0.4, -0.2) is 29.1 Å². The number of nitrogens with zero attached hydrogens (tertiary/aromatic N) is 6. The molecule has 94 heavy (non-hydrogen) atoms. The summed E-state index contributed by atoms with van der Waals surface area (Å²) in [4.78, 5) is 19.3. The van der Waals surface area contributed by atoms with Crippen LogP contribution < -0.4 is 0 Å². The molecule has 16 aromatic rings. The van der Waals surface area contributed by atoms with Gasteiger partial charge < -0.3 is 9.13 Å². The summed E-state index contributed by atoms with van der Waals surface area (Å²) in [6.07, 6.45) is -2.64. The topological polar surface area (TPSA) is 61.4 Å². The molecule has 0 N–H and O–H groups in total. The summed E-state index contributed by atoms with van der Waals surface area (Å²) in [5.41, 5.74) is 13.1. The molecule has 0 amide bonds. The lowest BCUT2D eigenvalue weighted by atomic mass is 9.97. The molecule has 6 nitrogen and oxygen atoms in total. The van der Waals surface area contributed by atoms with Gasteiger partial charge in [-0.05, 0) is 125 Å². The Hall–Kier alpha value is -12.0. The van der Waals surface area contributed by atoms with Crippen molar-refractivity contribution in [2.45, 2.75) is 12.4 Å². The number of fused-ring (bicyclic) bond motifs is 6. The molecule has 0 unspecified atom stereocenters. The molecule has 0 saturated heterocycles. The van der Waals surface area contributed by atoms with E-state index in [2.05, 4.69) is 0 Å². The minimum atomic E-state index is -5.02. The lowest BCUT2D eigenvalue weighted by molar-refractivity contribution is -0.138. The van der Waals surface area contributed by atoms with Crippen LogP contribution in [0, 0.1) is 0 Å². The molecule has 0 radical (unpaired) electrons. The molecule has 6 heterocycles. The van der Waals surface area contributed by atoms with Gasteiger partial charge in [0.05, 0.1) is 67.3 Å². The molecule has 12 heteroatoms. The van der Waals surface area contributed by atoms with Crippen LogP contribution in [0.5, 0.6) is 0 Å². The van der Waals surface area contributed by atoms with Crippen LogP contribution >= 0.6 is 0 Å². The van der Waals surface area contributed by atoms with Crippen LogP contribution in [-0.2, 0) is 12.4 Å². The Labute approximate surface area is 535 Å². The van der Waals surface area contributed by atoms with Gasteiger partial charge in [-0.2, -0.15) is 26.3 Å². The lowest BCUT2D eigenvalue weighted by Gasteiger charge is -2.22. The van der Waals surface area contributed by atoms with Crippen LogP contribution in [0.15, 0.2) is 304 Å². The first-order valence-electron chi connectivity index (χ1n) is 30.5. The van der Waals surface area contributed by atoms with Gasteiger partial charge in [0.25, 0.3) is 0 Å². The zero-order valence-electron chi connectivity index (χ0n) is 49.8. The smallest absolute Gasteiger partial charge is 0.309 e. The number of halogens is 6. The Bertz CT molecular complexity index is 5240. The average Bonchev–Trinajstić information content (AvgIpc) is 1.54. The number of aromatic nitrogens is 6. The fourth-order valence-corrected chi connectivity index (χ4v) is 12.9. The summed E-state index contributed by atoms with van der Waals surface area (Å²) in [5, 5.41) is 2.65. The third kappa shape index (κ3) is 10.5. The highest BCUT2D eigenvalue weighted by Gasteiger charge is 2.38. The molecule has 16 rings (SSSR count). The zero-order valence-corrected chi connectivity index (χ0v) is 49.8. The molecule has 0 aliphatic rings. The number of hydrogen-bond acceptors (Lipinski definition) is 4. The molecule has 0 bridgehead atoms. The van der Waals surface area contributed by atoms with Crippen molar-refractivity contribution >= 4 is 43.6 Å². The van der Waals surface area contributed by atoms with E-state index < -0.39 is 23.5 Å². The highest BCUT2D eigenvalue weighted by molar-refractivity contribution is 6.14. The highest BCUT2D eigenvalue weighted by Crippen LogP contribution is 2.48. The number of rotatable bonds is 11. The molecule has 0 saturated carbocycles. The maximum absolute atomic E-state index is 16.9. The van der Waals surface area contributed by atoms with E-state index in [0.717, 1.165) is 108 Å². The summed E-state index contributed by atoms with van der Waals surface area (Å²) in [7, 11) is 0. The first-order valence-corrected chi connectivity index (χ1v) is 30.5. The van der Waals surface area contributed by atoms with Crippen molar-refractivity contribution in [3.63, 3.8) is 0 Å². The van der Waals surface area contributed by atoms with Crippen molar-refractivity contribution in [1.82, 2.24) is 29.1 Å². The van der Waals surface area contributed by atoms with Crippen LogP contribution in [0.2, 0.25) is 0 Å². The molecule has 0 fully saturated rings. The molecule has 0 aliphatic carbocycles. The SMILES string of the molecule is FC(F)(F)c1cccc(-c2cc(-n3c4ccc(-c5ccc(-c6ccccc6)nc5)cc4c4cc(-c5ccc(-c6ccccc6)nc5)ccc43)c(C(F)(F)F)cc2-n2c3ccc(-c4ccc(-c5ccccc5)nc4)cc3c3cc(-c4ccc(-c5ccccc5)nc4)ccc32)c1. The van der Waals surface area contributed by atoms with Crippen LogP contribution in [0.3, 0.4) is 0 Å². The van der Waals surface area contributed by atoms with Gasteiger partial charge in [-0.25, -0.2) is 0 Å². The average molecular weight is 1230 g/mol. The predicted molar refractivity (Wildman–Crippen MR) is 365 cm³/mol. The highest BCUT2D eigenvalue weighted by atomic mass is 19.4. The second-order valence-electron chi connectivity index (χ2n) is 23.3. The van der Waals surface area contributed by atoms with Crippen LogP contribution in [0.1, 0.15) is 11.1 Å². The number of pyridine rings is 4. The van der Waals surface area contributed by atoms with Gasteiger partial charge in [0.2, 0.25) is 0 Å². The van der Waals surface area contributed by atoms with Crippen molar-refractivity contribution in [3.8, 4) is 112 Å². The van der Waals surface area contributed by atoms with Gasteiger partial charge in [0.15, 0.2) is 0 Å². The third-order valence-corrected chi connectivity index (χ3v) is 17.6. The first kappa shape index (κ1) is 57.2. The standard InChI is InChI=1S/C82H50F6N6/c83-81(84,85)64-23-13-22-59(40-64)65-45-80(94-77-38-30-57(62-26-34-73(91-49-62)53-18-9-3-10-19-53)43-68(77)69-44-58(31-39-78(69)94)63-27-35-74(92-50-63)54-20-11-4-12-21-54)70(82(86,87)88)46-79(65)93-75-36-28-55(60-24-32-71(89-47-60)51-14-5-1-6-15-51)41-66(75)67-42-56(29-37-76(67)93)61-25-33-72(90-48-61)52-16-7-2-8-17-52/h1-50H. The summed E-state index contributed by atoms with van der Waals surface area (Å²) >= 11 is 0. The van der Waals surface area contributed by atoms with Gasteiger partial charge in [-0.15, -0.1) is 0 Å². The molecule has 6 aromatic heterocycles. The van der Waals surface area contributed by atoms with E-state index in [1.165, 1.54) is 18.2 Å². The largest absolute Gasteiger partial charge is 0.418 e. The molecule has 10 aromatic carbocycles.